The molecular weight excluding hydrogens is 270 g/mol. The molecule has 2 aromatic rings. The molecule has 0 spiro atoms. The molecule has 0 unspecified atom stereocenters. The van der Waals surface area contributed by atoms with Crippen LogP contribution in [0.1, 0.15) is 29.5 Å². The summed E-state index contributed by atoms with van der Waals surface area (Å²) in [6.07, 6.45) is 4.99. The van der Waals surface area contributed by atoms with E-state index in [1.165, 1.54) is 60.1 Å². The van der Waals surface area contributed by atoms with Gasteiger partial charge < -0.3 is 9.80 Å². The maximum Gasteiger partial charge on any atom is 0.129 e. The monoisotopic (exact) mass is 295 g/mol. The molecule has 0 radical (unpaired) electrons. The third kappa shape index (κ3) is 2.48. The second-order valence-electron chi connectivity index (χ2n) is 6.93. The Kier molecular flexibility index (Phi) is 3.53. The SMILES string of the molecule is Cc1cc(N2CCCN(C)CC2)nc2cc3c(cc12)CCC3. The van der Waals surface area contributed by atoms with E-state index in [0.29, 0.717) is 0 Å². The second-order valence-corrected chi connectivity index (χ2v) is 6.93. The highest BCUT2D eigenvalue weighted by atomic mass is 15.2. The number of aromatic nitrogens is 1. The van der Waals surface area contributed by atoms with Crippen LogP contribution in [0.4, 0.5) is 5.82 Å². The minimum atomic E-state index is 1.08. The van der Waals surface area contributed by atoms with Gasteiger partial charge in [0, 0.05) is 25.0 Å². The zero-order valence-corrected chi connectivity index (χ0v) is 13.7. The van der Waals surface area contributed by atoms with E-state index >= 15 is 0 Å². The highest BCUT2D eigenvalue weighted by Crippen LogP contribution is 2.30. The lowest BCUT2D eigenvalue weighted by Gasteiger charge is -2.23. The number of hydrogen-bond donors (Lipinski definition) is 0. The van der Waals surface area contributed by atoms with Gasteiger partial charge in [-0.3, -0.25) is 0 Å². The first-order valence-electron chi connectivity index (χ1n) is 8.57. The number of nitrogens with zero attached hydrogens (tertiary/aromatic N) is 3. The standard InChI is InChI=1S/C19H25N3/c1-14-11-19(22-8-4-7-21(2)9-10-22)20-18-13-16-6-3-5-15(16)12-17(14)18/h11-13H,3-10H2,1-2H3. The third-order valence-electron chi connectivity index (χ3n) is 5.26. The molecule has 0 amide bonds. The molecule has 1 aliphatic carbocycles. The van der Waals surface area contributed by atoms with Crippen molar-refractivity contribution >= 4 is 16.7 Å². The third-order valence-corrected chi connectivity index (χ3v) is 5.26. The van der Waals surface area contributed by atoms with Gasteiger partial charge in [-0.15, -0.1) is 0 Å². The Labute approximate surface area is 132 Å². The lowest BCUT2D eigenvalue weighted by molar-refractivity contribution is 0.360. The first-order chi connectivity index (χ1) is 10.7. The van der Waals surface area contributed by atoms with E-state index in [4.69, 9.17) is 4.98 Å². The second kappa shape index (κ2) is 5.54. The van der Waals surface area contributed by atoms with Crippen LogP contribution >= 0.6 is 0 Å². The number of anilines is 1. The fraction of sp³-hybridized carbons (Fsp3) is 0.526. The summed E-state index contributed by atoms with van der Waals surface area (Å²) in [7, 11) is 2.21. The van der Waals surface area contributed by atoms with Crippen LogP contribution in [0.3, 0.4) is 0 Å². The van der Waals surface area contributed by atoms with Gasteiger partial charge in [-0.1, -0.05) is 0 Å². The molecule has 3 nitrogen and oxygen atoms in total. The van der Waals surface area contributed by atoms with Crippen molar-refractivity contribution in [1.82, 2.24) is 9.88 Å². The lowest BCUT2D eigenvalue weighted by Crippen LogP contribution is -2.29. The van der Waals surface area contributed by atoms with E-state index < -0.39 is 0 Å². The number of benzene rings is 1. The van der Waals surface area contributed by atoms with Crippen molar-refractivity contribution in [3.63, 3.8) is 0 Å². The summed E-state index contributed by atoms with van der Waals surface area (Å²) in [5, 5.41) is 1.34. The summed E-state index contributed by atoms with van der Waals surface area (Å²) >= 11 is 0. The van der Waals surface area contributed by atoms with Gasteiger partial charge in [0.1, 0.15) is 5.82 Å². The molecule has 4 rings (SSSR count). The van der Waals surface area contributed by atoms with E-state index in [9.17, 15) is 0 Å². The van der Waals surface area contributed by atoms with Gasteiger partial charge in [0.05, 0.1) is 5.52 Å². The summed E-state index contributed by atoms with van der Waals surface area (Å²) in [4.78, 5) is 9.89. The maximum absolute atomic E-state index is 5.01. The van der Waals surface area contributed by atoms with Crippen molar-refractivity contribution in [2.45, 2.75) is 32.6 Å². The number of pyridine rings is 1. The molecule has 2 aliphatic rings. The topological polar surface area (TPSA) is 19.4 Å². The van der Waals surface area contributed by atoms with Crippen LogP contribution in [-0.4, -0.2) is 43.1 Å². The minimum absolute atomic E-state index is 1.08. The molecule has 1 aromatic carbocycles. The quantitative estimate of drug-likeness (QED) is 0.805. The van der Waals surface area contributed by atoms with Crippen molar-refractivity contribution in [1.29, 1.82) is 0 Å². The van der Waals surface area contributed by atoms with Crippen molar-refractivity contribution in [3.8, 4) is 0 Å². The molecule has 3 heteroatoms. The minimum Gasteiger partial charge on any atom is -0.355 e. The van der Waals surface area contributed by atoms with Gasteiger partial charge in [-0.05, 0) is 81.1 Å². The smallest absolute Gasteiger partial charge is 0.129 e. The Morgan fingerprint density at radius 2 is 1.73 bits per heavy atom. The predicted octanol–water partition coefficient (Wildman–Crippen LogP) is 3.17. The molecule has 1 saturated heterocycles. The lowest BCUT2D eigenvalue weighted by atomic mass is 10.0. The first kappa shape index (κ1) is 14.0. The molecule has 0 N–H and O–H groups in total. The fourth-order valence-corrected chi connectivity index (χ4v) is 3.88. The normalized spacial score (nSPS) is 19.5. The number of hydrogen-bond acceptors (Lipinski definition) is 3. The Bertz CT molecular complexity index is 707. The maximum atomic E-state index is 5.01. The van der Waals surface area contributed by atoms with E-state index in [1.807, 2.05) is 0 Å². The van der Waals surface area contributed by atoms with Gasteiger partial charge in [-0.2, -0.15) is 0 Å². The van der Waals surface area contributed by atoms with Crippen molar-refractivity contribution in [2.75, 3.05) is 38.1 Å². The average molecular weight is 295 g/mol. The molecule has 116 valence electrons. The van der Waals surface area contributed by atoms with Crippen LogP contribution in [-0.2, 0) is 12.8 Å². The number of rotatable bonds is 1. The number of aryl methyl sites for hydroxylation is 3. The van der Waals surface area contributed by atoms with Crippen molar-refractivity contribution in [3.05, 3.63) is 34.9 Å². The predicted molar refractivity (Wildman–Crippen MR) is 92.8 cm³/mol. The Morgan fingerprint density at radius 3 is 2.59 bits per heavy atom. The average Bonchev–Trinajstić information content (AvgIpc) is 2.85. The summed E-state index contributed by atoms with van der Waals surface area (Å²) in [5.74, 6) is 1.17. The number of fused-ring (bicyclic) bond motifs is 2. The van der Waals surface area contributed by atoms with Gasteiger partial charge in [0.15, 0.2) is 0 Å². The summed E-state index contributed by atoms with van der Waals surface area (Å²) < 4.78 is 0. The fourth-order valence-electron chi connectivity index (χ4n) is 3.88. The zero-order valence-electron chi connectivity index (χ0n) is 13.7. The molecule has 0 saturated carbocycles. The van der Waals surface area contributed by atoms with Crippen LogP contribution < -0.4 is 4.90 Å². The van der Waals surface area contributed by atoms with Gasteiger partial charge in [0.2, 0.25) is 0 Å². The Morgan fingerprint density at radius 1 is 0.909 bits per heavy atom. The molecule has 0 bridgehead atoms. The van der Waals surface area contributed by atoms with Gasteiger partial charge >= 0.3 is 0 Å². The Balaban J connectivity index is 1.74. The molecule has 1 fully saturated rings. The Hall–Kier alpha value is -1.61. The molecular formula is C19H25N3. The van der Waals surface area contributed by atoms with Crippen LogP contribution in [0, 0.1) is 6.92 Å². The van der Waals surface area contributed by atoms with Gasteiger partial charge in [-0.25, -0.2) is 4.98 Å². The van der Waals surface area contributed by atoms with Crippen LogP contribution in [0.25, 0.3) is 10.9 Å². The summed E-state index contributed by atoms with van der Waals surface area (Å²) in [5.41, 5.74) is 5.62. The summed E-state index contributed by atoms with van der Waals surface area (Å²) in [6.45, 7) is 6.75. The van der Waals surface area contributed by atoms with Crippen LogP contribution in [0.2, 0.25) is 0 Å². The van der Waals surface area contributed by atoms with Crippen LogP contribution in [0.15, 0.2) is 18.2 Å². The molecule has 1 aromatic heterocycles. The molecule has 22 heavy (non-hydrogen) atoms. The highest BCUT2D eigenvalue weighted by Gasteiger charge is 2.17. The van der Waals surface area contributed by atoms with E-state index in [0.717, 1.165) is 19.6 Å². The molecule has 0 atom stereocenters. The molecule has 2 heterocycles. The first-order valence-corrected chi connectivity index (χ1v) is 8.57. The van der Waals surface area contributed by atoms with Crippen molar-refractivity contribution in [2.24, 2.45) is 0 Å². The van der Waals surface area contributed by atoms with Crippen LogP contribution in [0.5, 0.6) is 0 Å². The largest absolute Gasteiger partial charge is 0.355 e. The van der Waals surface area contributed by atoms with E-state index in [-0.39, 0.29) is 0 Å². The highest BCUT2D eigenvalue weighted by molar-refractivity contribution is 5.85. The van der Waals surface area contributed by atoms with Crippen molar-refractivity contribution < 1.29 is 0 Å². The van der Waals surface area contributed by atoms with Gasteiger partial charge in [0.25, 0.3) is 0 Å². The zero-order chi connectivity index (χ0) is 15.1. The van der Waals surface area contributed by atoms with E-state index in [1.54, 1.807) is 5.56 Å². The number of likely N-dealkylation sites (N-methyl/N-ethyl adjacent to an activating group) is 1. The van der Waals surface area contributed by atoms with E-state index in [2.05, 4.69) is 42.0 Å². The summed E-state index contributed by atoms with van der Waals surface area (Å²) in [6, 6.07) is 7.02. The molecule has 1 aliphatic heterocycles.